The molecule has 7 nitrogen and oxygen atoms in total. The van der Waals surface area contributed by atoms with Gasteiger partial charge in [-0.2, -0.15) is 0 Å². The molecular weight excluding hydrogens is 322 g/mol. The summed E-state index contributed by atoms with van der Waals surface area (Å²) in [5.41, 5.74) is 0.682. The first-order valence-corrected chi connectivity index (χ1v) is 8.48. The zero-order valence-corrected chi connectivity index (χ0v) is 14.5. The molecule has 0 bridgehead atoms. The van der Waals surface area contributed by atoms with Gasteiger partial charge in [-0.05, 0) is 30.9 Å². The maximum Gasteiger partial charge on any atom is 0.287 e. The van der Waals surface area contributed by atoms with Crippen LogP contribution in [0.15, 0.2) is 24.4 Å². The summed E-state index contributed by atoms with van der Waals surface area (Å²) < 4.78 is 0. The minimum absolute atomic E-state index is 0.0742. The van der Waals surface area contributed by atoms with E-state index in [0.29, 0.717) is 12.1 Å². The number of carbonyl (C=O) groups excluding carboxylic acids is 4. The standard InChI is InChI=1S/C18H23N3O4/c1-3-15(22)17(24)21-14-9-12(14)8-11(2)16(23)18(25)20-10-13-6-4-5-7-19-13/h4-7,11-12,14H,3,8-10H2,1-2H3,(H,20,25)(H,21,24). The molecule has 1 aliphatic carbocycles. The Labute approximate surface area is 146 Å². The van der Waals surface area contributed by atoms with Crippen molar-refractivity contribution in [1.82, 2.24) is 15.6 Å². The molecule has 0 saturated heterocycles. The summed E-state index contributed by atoms with van der Waals surface area (Å²) in [7, 11) is 0. The highest BCUT2D eigenvalue weighted by atomic mass is 16.2. The summed E-state index contributed by atoms with van der Waals surface area (Å²) in [6.07, 6.45) is 3.04. The van der Waals surface area contributed by atoms with Crippen LogP contribution in [0.5, 0.6) is 0 Å². The van der Waals surface area contributed by atoms with Gasteiger partial charge in [-0.25, -0.2) is 0 Å². The molecule has 0 aliphatic heterocycles. The maximum atomic E-state index is 12.1. The molecule has 1 fully saturated rings. The Bertz CT molecular complexity index is 660. The van der Waals surface area contributed by atoms with Crippen LogP contribution in [0.4, 0.5) is 0 Å². The third kappa shape index (κ3) is 5.48. The molecule has 1 heterocycles. The van der Waals surface area contributed by atoms with Crippen LogP contribution >= 0.6 is 0 Å². The van der Waals surface area contributed by atoms with Crippen molar-refractivity contribution >= 4 is 23.4 Å². The minimum atomic E-state index is -0.624. The number of nitrogens with one attached hydrogen (secondary N) is 2. The monoisotopic (exact) mass is 345 g/mol. The van der Waals surface area contributed by atoms with Crippen LogP contribution in [-0.4, -0.2) is 34.4 Å². The normalized spacial score (nSPS) is 19.6. The van der Waals surface area contributed by atoms with Crippen molar-refractivity contribution in [2.24, 2.45) is 11.8 Å². The van der Waals surface area contributed by atoms with Crippen LogP contribution in [0, 0.1) is 11.8 Å². The second kappa shape index (κ2) is 8.50. The average Bonchev–Trinajstić information content (AvgIpc) is 3.35. The lowest BCUT2D eigenvalue weighted by Gasteiger charge is -2.10. The summed E-state index contributed by atoms with van der Waals surface area (Å²) in [5.74, 6) is -2.41. The van der Waals surface area contributed by atoms with Crippen molar-refractivity contribution in [1.29, 1.82) is 0 Å². The summed E-state index contributed by atoms with van der Waals surface area (Å²) in [6, 6.07) is 5.28. The van der Waals surface area contributed by atoms with Crippen molar-refractivity contribution in [3.8, 4) is 0 Å². The quantitative estimate of drug-likeness (QED) is 0.643. The van der Waals surface area contributed by atoms with Gasteiger partial charge < -0.3 is 10.6 Å². The van der Waals surface area contributed by atoms with E-state index in [2.05, 4.69) is 15.6 Å². The van der Waals surface area contributed by atoms with Crippen LogP contribution in [-0.2, 0) is 25.7 Å². The number of ketones is 2. The number of Topliss-reactive ketones (excluding diaryl/α,β-unsaturated/α-hetero) is 2. The number of hydrogen-bond donors (Lipinski definition) is 2. The van der Waals surface area contributed by atoms with Gasteiger partial charge in [0.2, 0.25) is 11.6 Å². The molecule has 1 saturated carbocycles. The Kier molecular flexibility index (Phi) is 6.38. The fraction of sp³-hybridized carbons (Fsp3) is 0.500. The second-order valence-electron chi connectivity index (χ2n) is 6.36. The Morgan fingerprint density at radius 1 is 1.24 bits per heavy atom. The highest BCUT2D eigenvalue weighted by molar-refractivity contribution is 6.37. The van der Waals surface area contributed by atoms with Gasteiger partial charge in [0.25, 0.3) is 11.8 Å². The molecular formula is C18H23N3O4. The lowest BCUT2D eigenvalue weighted by atomic mass is 9.98. The van der Waals surface area contributed by atoms with Gasteiger partial charge in [0, 0.05) is 24.6 Å². The third-order valence-electron chi connectivity index (χ3n) is 4.30. The van der Waals surface area contributed by atoms with Gasteiger partial charge in [-0.15, -0.1) is 0 Å². The molecule has 0 radical (unpaired) electrons. The molecule has 1 aromatic rings. The number of pyridine rings is 1. The highest BCUT2D eigenvalue weighted by Crippen LogP contribution is 2.36. The number of amides is 2. The van der Waals surface area contributed by atoms with E-state index in [0.717, 1.165) is 6.42 Å². The van der Waals surface area contributed by atoms with E-state index >= 15 is 0 Å². The molecule has 134 valence electrons. The van der Waals surface area contributed by atoms with Gasteiger partial charge in [-0.3, -0.25) is 24.2 Å². The predicted octanol–water partition coefficient (Wildman–Crippen LogP) is 0.777. The van der Waals surface area contributed by atoms with Gasteiger partial charge >= 0.3 is 0 Å². The minimum Gasteiger partial charge on any atom is -0.346 e. The van der Waals surface area contributed by atoms with Crippen LogP contribution in [0.2, 0.25) is 0 Å². The summed E-state index contributed by atoms with van der Waals surface area (Å²) in [5, 5.41) is 5.24. The average molecular weight is 345 g/mol. The lowest BCUT2D eigenvalue weighted by molar-refractivity contribution is -0.140. The van der Waals surface area contributed by atoms with E-state index in [4.69, 9.17) is 0 Å². The zero-order chi connectivity index (χ0) is 18.4. The summed E-state index contributed by atoms with van der Waals surface area (Å²) in [6.45, 7) is 3.55. The van der Waals surface area contributed by atoms with E-state index in [1.165, 1.54) is 0 Å². The van der Waals surface area contributed by atoms with E-state index in [1.807, 2.05) is 6.07 Å². The largest absolute Gasteiger partial charge is 0.346 e. The topological polar surface area (TPSA) is 105 Å². The second-order valence-corrected chi connectivity index (χ2v) is 6.36. The molecule has 3 atom stereocenters. The molecule has 2 rings (SSSR count). The number of hydrogen-bond acceptors (Lipinski definition) is 5. The van der Waals surface area contributed by atoms with Crippen molar-refractivity contribution in [3.63, 3.8) is 0 Å². The first-order chi connectivity index (χ1) is 11.9. The maximum absolute atomic E-state index is 12.1. The van der Waals surface area contributed by atoms with E-state index < -0.39 is 29.3 Å². The van der Waals surface area contributed by atoms with Gasteiger partial charge in [0.15, 0.2) is 0 Å². The first kappa shape index (κ1) is 18.8. The molecule has 2 N–H and O–H groups in total. The Hall–Kier alpha value is -2.57. The van der Waals surface area contributed by atoms with Crippen LogP contribution in [0.25, 0.3) is 0 Å². The van der Waals surface area contributed by atoms with E-state index in [-0.39, 0.29) is 24.9 Å². The van der Waals surface area contributed by atoms with Crippen molar-refractivity contribution in [2.75, 3.05) is 0 Å². The van der Waals surface area contributed by atoms with Gasteiger partial charge in [0.1, 0.15) is 0 Å². The van der Waals surface area contributed by atoms with Crippen molar-refractivity contribution in [2.45, 2.75) is 45.7 Å². The predicted molar refractivity (Wildman–Crippen MR) is 90.2 cm³/mol. The molecule has 3 unspecified atom stereocenters. The van der Waals surface area contributed by atoms with Crippen LogP contribution in [0.3, 0.4) is 0 Å². The molecule has 2 amide bonds. The Morgan fingerprint density at radius 3 is 2.64 bits per heavy atom. The van der Waals surface area contributed by atoms with Crippen molar-refractivity contribution in [3.05, 3.63) is 30.1 Å². The smallest absolute Gasteiger partial charge is 0.287 e. The van der Waals surface area contributed by atoms with Crippen LogP contribution in [0.1, 0.15) is 38.8 Å². The molecule has 0 spiro atoms. The fourth-order valence-corrected chi connectivity index (χ4v) is 2.64. The molecule has 1 aromatic heterocycles. The SMILES string of the molecule is CCC(=O)C(=O)NC1CC1CC(C)C(=O)C(=O)NCc1ccccn1. The molecule has 7 heteroatoms. The van der Waals surface area contributed by atoms with Gasteiger partial charge in [-0.1, -0.05) is 19.9 Å². The Morgan fingerprint density at radius 2 is 2.00 bits per heavy atom. The number of nitrogens with zero attached hydrogens (tertiary/aromatic N) is 1. The molecule has 1 aliphatic rings. The van der Waals surface area contributed by atoms with Crippen LogP contribution < -0.4 is 10.6 Å². The summed E-state index contributed by atoms with van der Waals surface area (Å²) >= 11 is 0. The fourth-order valence-electron chi connectivity index (χ4n) is 2.64. The number of rotatable bonds is 9. The van der Waals surface area contributed by atoms with E-state index in [1.54, 1.807) is 32.2 Å². The zero-order valence-electron chi connectivity index (χ0n) is 14.5. The van der Waals surface area contributed by atoms with Crippen molar-refractivity contribution < 1.29 is 19.2 Å². The first-order valence-electron chi connectivity index (χ1n) is 8.48. The van der Waals surface area contributed by atoms with E-state index in [9.17, 15) is 19.2 Å². The third-order valence-corrected chi connectivity index (χ3v) is 4.30. The lowest BCUT2D eigenvalue weighted by Crippen LogP contribution is -2.35. The molecule has 0 aromatic carbocycles. The number of carbonyl (C=O) groups is 4. The highest BCUT2D eigenvalue weighted by Gasteiger charge is 2.41. The molecule has 25 heavy (non-hydrogen) atoms. The summed E-state index contributed by atoms with van der Waals surface area (Å²) in [4.78, 5) is 50.9. The Balaban J connectivity index is 1.72. The number of aromatic nitrogens is 1. The van der Waals surface area contributed by atoms with Gasteiger partial charge in [0.05, 0.1) is 12.2 Å².